The van der Waals surface area contributed by atoms with Crippen molar-refractivity contribution in [2.24, 2.45) is 5.41 Å². The summed E-state index contributed by atoms with van der Waals surface area (Å²) < 4.78 is 15.7. The molecule has 1 aromatic carbocycles. The molecule has 0 saturated carbocycles. The Morgan fingerprint density at radius 1 is 1.08 bits per heavy atom. The van der Waals surface area contributed by atoms with Gasteiger partial charge in [0.25, 0.3) is 0 Å². The lowest BCUT2D eigenvalue weighted by Gasteiger charge is -2.22. The quantitative estimate of drug-likeness (QED) is 0.303. The normalized spacial score (nSPS) is 12.9. The molecule has 0 unspecified atom stereocenters. The van der Waals surface area contributed by atoms with E-state index >= 15 is 0 Å². The molecule has 0 aliphatic carbocycles. The Morgan fingerprint density at radius 3 is 2.32 bits per heavy atom. The fraction of sp³-hybridized carbons (Fsp3) is 0.600. The van der Waals surface area contributed by atoms with E-state index in [0.29, 0.717) is 19.6 Å². The zero-order valence-corrected chi connectivity index (χ0v) is 15.6. The van der Waals surface area contributed by atoms with Gasteiger partial charge in [0.15, 0.2) is 0 Å². The van der Waals surface area contributed by atoms with E-state index in [1.165, 1.54) is 0 Å². The highest BCUT2D eigenvalue weighted by Crippen LogP contribution is 2.28. The van der Waals surface area contributed by atoms with Gasteiger partial charge in [-0.25, -0.2) is 0 Å². The summed E-state index contributed by atoms with van der Waals surface area (Å²) in [4.78, 5) is 22.8. The van der Waals surface area contributed by atoms with Crippen LogP contribution in [0.2, 0.25) is 0 Å². The molecule has 0 saturated heterocycles. The van der Waals surface area contributed by atoms with E-state index < -0.39 is 0 Å². The average Bonchev–Trinajstić information content (AvgIpc) is 2.63. The van der Waals surface area contributed by atoms with E-state index in [-0.39, 0.29) is 11.4 Å². The van der Waals surface area contributed by atoms with Crippen LogP contribution in [0.15, 0.2) is 24.3 Å². The van der Waals surface area contributed by atoms with Gasteiger partial charge < -0.3 is 19.0 Å². The third kappa shape index (κ3) is 8.57. The van der Waals surface area contributed by atoms with Crippen molar-refractivity contribution in [3.8, 4) is 11.5 Å². The molecule has 0 N–H and O–H groups in total. The van der Waals surface area contributed by atoms with Gasteiger partial charge in [-0.2, -0.15) is 0 Å². The molecule has 0 heterocycles. The Hall–Kier alpha value is -2.04. The molecule has 0 fully saturated rings. The molecule has 0 aromatic heterocycles. The zero-order valence-electron chi connectivity index (χ0n) is 15.6. The number of aldehydes is 1. The summed E-state index contributed by atoms with van der Waals surface area (Å²) >= 11 is 0. The molecule has 25 heavy (non-hydrogen) atoms. The van der Waals surface area contributed by atoms with Gasteiger partial charge >= 0.3 is 5.97 Å². The first-order valence-corrected chi connectivity index (χ1v) is 8.92. The number of methoxy groups -OCH3 is 1. The molecule has 0 amide bonds. The van der Waals surface area contributed by atoms with Crippen molar-refractivity contribution >= 4 is 12.3 Å². The van der Waals surface area contributed by atoms with Crippen molar-refractivity contribution < 1.29 is 23.8 Å². The number of hydrogen-bond acceptors (Lipinski definition) is 5. The number of hydrogen-bond donors (Lipinski definition) is 0. The fourth-order valence-corrected chi connectivity index (χ4v) is 2.61. The minimum Gasteiger partial charge on any atom is -0.497 e. The first kappa shape index (κ1) is 21.0. The molecule has 1 aromatic rings. The van der Waals surface area contributed by atoms with Crippen molar-refractivity contribution in [3.63, 3.8) is 0 Å². The van der Waals surface area contributed by atoms with Crippen molar-refractivity contribution in [2.75, 3.05) is 20.3 Å². The van der Waals surface area contributed by atoms with Crippen LogP contribution in [0.4, 0.5) is 0 Å². The summed E-state index contributed by atoms with van der Waals surface area (Å²) in [6, 6.07) is 7.45. The maximum atomic E-state index is 11.4. The predicted octanol–water partition coefficient (Wildman–Crippen LogP) is 4.18. The molecular formula is C20H30O5. The second-order valence-electron chi connectivity index (χ2n) is 6.41. The second-order valence-corrected chi connectivity index (χ2v) is 6.41. The monoisotopic (exact) mass is 350 g/mol. The highest BCUT2D eigenvalue weighted by molar-refractivity contribution is 5.69. The molecular weight excluding hydrogens is 320 g/mol. The Bertz CT molecular complexity index is 511. The minimum atomic E-state index is -0.363. The number of esters is 1. The number of carbonyl (C=O) groups is 2. The van der Waals surface area contributed by atoms with Crippen molar-refractivity contribution in [1.82, 2.24) is 0 Å². The van der Waals surface area contributed by atoms with E-state index in [9.17, 15) is 9.59 Å². The first-order chi connectivity index (χ1) is 12.0. The molecule has 1 rings (SSSR count). The molecule has 0 aliphatic heterocycles. The smallest absolute Gasteiger partial charge is 0.305 e. The molecule has 5 nitrogen and oxygen atoms in total. The third-order valence-corrected chi connectivity index (χ3v) is 4.19. The Balaban J connectivity index is 2.24. The molecule has 0 radical (unpaired) electrons. The van der Waals surface area contributed by atoms with Crippen molar-refractivity contribution in [1.29, 1.82) is 0 Å². The lowest BCUT2D eigenvalue weighted by Crippen LogP contribution is -2.19. The maximum Gasteiger partial charge on any atom is 0.305 e. The maximum absolute atomic E-state index is 11.4. The topological polar surface area (TPSA) is 61.8 Å². The van der Waals surface area contributed by atoms with Gasteiger partial charge in [0.05, 0.1) is 20.3 Å². The number of benzene rings is 1. The Kier molecular flexibility index (Phi) is 9.66. The summed E-state index contributed by atoms with van der Waals surface area (Å²) in [6.45, 7) is 4.75. The SMILES string of the molecule is CCOC(=O)CCCC[C@@](C)(C=O)CCCOc1ccc(OC)cc1. The van der Waals surface area contributed by atoms with Crippen LogP contribution in [-0.4, -0.2) is 32.6 Å². The number of rotatable bonds is 13. The Morgan fingerprint density at radius 2 is 1.72 bits per heavy atom. The van der Waals surface area contributed by atoms with Crippen LogP contribution in [0, 0.1) is 5.41 Å². The first-order valence-electron chi connectivity index (χ1n) is 8.92. The minimum absolute atomic E-state index is 0.164. The Labute approximate surface area is 150 Å². The van der Waals surface area contributed by atoms with Crippen LogP contribution in [0.3, 0.4) is 0 Å². The van der Waals surface area contributed by atoms with Gasteiger partial charge in [0.2, 0.25) is 0 Å². The summed E-state index contributed by atoms with van der Waals surface area (Å²) in [5, 5.41) is 0. The average molecular weight is 350 g/mol. The summed E-state index contributed by atoms with van der Waals surface area (Å²) in [6.07, 6.45) is 5.40. The molecule has 0 bridgehead atoms. The molecule has 1 atom stereocenters. The van der Waals surface area contributed by atoms with Crippen LogP contribution in [-0.2, 0) is 14.3 Å². The van der Waals surface area contributed by atoms with Gasteiger partial charge in [0.1, 0.15) is 17.8 Å². The number of ether oxygens (including phenoxy) is 3. The summed E-state index contributed by atoms with van der Waals surface area (Å²) in [5.41, 5.74) is -0.363. The highest BCUT2D eigenvalue weighted by Gasteiger charge is 2.22. The third-order valence-electron chi connectivity index (χ3n) is 4.19. The predicted molar refractivity (Wildman–Crippen MR) is 97.0 cm³/mol. The van der Waals surface area contributed by atoms with E-state index in [1.807, 2.05) is 31.2 Å². The second kappa shape index (κ2) is 11.5. The number of unbranched alkanes of at least 4 members (excludes halogenated alkanes) is 1. The van der Waals surface area contributed by atoms with Crippen molar-refractivity contribution in [3.05, 3.63) is 24.3 Å². The van der Waals surface area contributed by atoms with Crippen LogP contribution >= 0.6 is 0 Å². The number of carbonyl (C=O) groups excluding carboxylic acids is 2. The molecule has 140 valence electrons. The highest BCUT2D eigenvalue weighted by atomic mass is 16.5. The lowest BCUT2D eigenvalue weighted by atomic mass is 9.82. The van der Waals surface area contributed by atoms with E-state index in [0.717, 1.165) is 49.9 Å². The van der Waals surface area contributed by atoms with Gasteiger partial charge in [-0.15, -0.1) is 0 Å². The van der Waals surface area contributed by atoms with E-state index in [2.05, 4.69) is 0 Å². The summed E-state index contributed by atoms with van der Waals surface area (Å²) in [5.74, 6) is 1.43. The van der Waals surface area contributed by atoms with Crippen LogP contribution in [0.25, 0.3) is 0 Å². The fourth-order valence-electron chi connectivity index (χ4n) is 2.61. The van der Waals surface area contributed by atoms with Gasteiger partial charge in [0, 0.05) is 11.8 Å². The van der Waals surface area contributed by atoms with Gasteiger partial charge in [-0.05, 0) is 56.9 Å². The summed E-state index contributed by atoms with van der Waals surface area (Å²) in [7, 11) is 1.63. The van der Waals surface area contributed by atoms with Crippen LogP contribution in [0.1, 0.15) is 52.4 Å². The van der Waals surface area contributed by atoms with E-state index in [1.54, 1.807) is 14.0 Å². The van der Waals surface area contributed by atoms with E-state index in [4.69, 9.17) is 14.2 Å². The lowest BCUT2D eigenvalue weighted by molar-refractivity contribution is -0.143. The zero-order chi connectivity index (χ0) is 18.5. The molecule has 0 aliphatic rings. The molecule has 0 spiro atoms. The van der Waals surface area contributed by atoms with Gasteiger partial charge in [-0.3, -0.25) is 4.79 Å². The van der Waals surface area contributed by atoms with Gasteiger partial charge in [-0.1, -0.05) is 13.3 Å². The van der Waals surface area contributed by atoms with Crippen LogP contribution < -0.4 is 9.47 Å². The molecule has 5 heteroatoms. The largest absolute Gasteiger partial charge is 0.497 e. The van der Waals surface area contributed by atoms with Crippen molar-refractivity contribution in [2.45, 2.75) is 52.4 Å². The van der Waals surface area contributed by atoms with Crippen LogP contribution in [0.5, 0.6) is 11.5 Å². The standard InChI is InChI=1S/C20H30O5/c1-4-24-19(22)8-5-6-13-20(2,16-21)14-7-15-25-18-11-9-17(23-3)10-12-18/h9-12,16H,4-8,13-15H2,1-3H3/t20-/m1/s1.